The molecule has 18 heavy (non-hydrogen) atoms. The molecule has 0 fully saturated rings. The summed E-state index contributed by atoms with van der Waals surface area (Å²) in [6.07, 6.45) is 2.57. The lowest BCUT2D eigenvalue weighted by atomic mass is 10.3. The van der Waals surface area contributed by atoms with E-state index >= 15 is 0 Å². The van der Waals surface area contributed by atoms with Gasteiger partial charge in [0.05, 0.1) is 11.6 Å². The number of nitrogens with one attached hydrogen (secondary N) is 3. The summed E-state index contributed by atoms with van der Waals surface area (Å²) < 4.78 is 0. The van der Waals surface area contributed by atoms with Crippen LogP contribution in [0.5, 0.6) is 0 Å². The van der Waals surface area contributed by atoms with Crippen molar-refractivity contribution in [1.82, 2.24) is 20.2 Å². The van der Waals surface area contributed by atoms with E-state index in [1.165, 1.54) is 0 Å². The second kappa shape index (κ2) is 5.27. The SMILES string of the molecule is NNc1nc(NCCCC(N)=O)c2cn[nH]c2n1. The van der Waals surface area contributed by atoms with E-state index in [0.717, 1.165) is 5.39 Å². The van der Waals surface area contributed by atoms with Crippen molar-refractivity contribution in [1.29, 1.82) is 0 Å². The van der Waals surface area contributed by atoms with Gasteiger partial charge >= 0.3 is 0 Å². The van der Waals surface area contributed by atoms with Crippen LogP contribution in [-0.2, 0) is 4.79 Å². The highest BCUT2D eigenvalue weighted by Crippen LogP contribution is 2.19. The highest BCUT2D eigenvalue weighted by atomic mass is 16.1. The number of carbonyl (C=O) groups is 1. The van der Waals surface area contributed by atoms with Gasteiger partial charge in [0.15, 0.2) is 5.65 Å². The van der Waals surface area contributed by atoms with Crippen LogP contribution in [0.1, 0.15) is 12.8 Å². The second-order valence-corrected chi connectivity index (χ2v) is 3.67. The number of nitrogens with two attached hydrogens (primary N) is 2. The van der Waals surface area contributed by atoms with Crippen LogP contribution in [0.15, 0.2) is 6.20 Å². The zero-order chi connectivity index (χ0) is 13.0. The molecule has 0 saturated carbocycles. The van der Waals surface area contributed by atoms with Crippen LogP contribution < -0.4 is 22.3 Å². The molecule has 0 radical (unpaired) electrons. The van der Waals surface area contributed by atoms with Crippen molar-refractivity contribution >= 4 is 28.7 Å². The summed E-state index contributed by atoms with van der Waals surface area (Å²) >= 11 is 0. The maximum Gasteiger partial charge on any atom is 0.241 e. The van der Waals surface area contributed by atoms with Gasteiger partial charge in [-0.2, -0.15) is 15.1 Å². The topological polar surface area (TPSA) is 148 Å². The third-order valence-corrected chi connectivity index (χ3v) is 2.33. The van der Waals surface area contributed by atoms with Crippen LogP contribution in [-0.4, -0.2) is 32.6 Å². The third-order valence-electron chi connectivity index (χ3n) is 2.33. The summed E-state index contributed by atoms with van der Waals surface area (Å²) in [7, 11) is 0. The average Bonchev–Trinajstić information content (AvgIpc) is 2.82. The summed E-state index contributed by atoms with van der Waals surface area (Å²) in [4.78, 5) is 18.9. The Hall–Kier alpha value is -2.42. The first-order valence-corrected chi connectivity index (χ1v) is 5.40. The number of rotatable bonds is 6. The number of H-pyrrole nitrogens is 1. The Morgan fingerprint density at radius 3 is 3.00 bits per heavy atom. The van der Waals surface area contributed by atoms with Crippen molar-refractivity contribution in [3.05, 3.63) is 6.20 Å². The van der Waals surface area contributed by atoms with Crippen LogP contribution in [0.25, 0.3) is 11.0 Å². The minimum Gasteiger partial charge on any atom is -0.370 e. The molecule has 96 valence electrons. The average molecular weight is 250 g/mol. The molecule has 0 spiro atoms. The Balaban J connectivity index is 2.10. The Kier molecular flexibility index (Phi) is 3.53. The first kappa shape index (κ1) is 12.0. The molecular weight excluding hydrogens is 236 g/mol. The number of carbonyl (C=O) groups excluding carboxylic acids is 1. The van der Waals surface area contributed by atoms with Gasteiger partial charge in [-0.15, -0.1) is 0 Å². The van der Waals surface area contributed by atoms with E-state index in [2.05, 4.69) is 30.9 Å². The highest BCUT2D eigenvalue weighted by Gasteiger charge is 2.08. The predicted octanol–water partition coefficient (Wildman–Crippen LogP) is -0.684. The van der Waals surface area contributed by atoms with E-state index in [1.807, 2.05) is 0 Å². The van der Waals surface area contributed by atoms with E-state index in [9.17, 15) is 4.79 Å². The number of aromatic amines is 1. The molecule has 1 amide bonds. The number of nitrogen functional groups attached to an aromatic ring is 1. The molecule has 2 aromatic rings. The lowest BCUT2D eigenvalue weighted by molar-refractivity contribution is -0.118. The zero-order valence-electron chi connectivity index (χ0n) is 9.60. The van der Waals surface area contributed by atoms with Gasteiger partial charge in [0.1, 0.15) is 5.82 Å². The van der Waals surface area contributed by atoms with Gasteiger partial charge in [-0.1, -0.05) is 0 Å². The van der Waals surface area contributed by atoms with E-state index < -0.39 is 0 Å². The zero-order valence-corrected chi connectivity index (χ0v) is 9.60. The van der Waals surface area contributed by atoms with Crippen molar-refractivity contribution in [2.75, 3.05) is 17.3 Å². The molecular formula is C9H14N8O. The maximum atomic E-state index is 10.6. The van der Waals surface area contributed by atoms with Gasteiger partial charge in [-0.3, -0.25) is 15.3 Å². The van der Waals surface area contributed by atoms with E-state index in [0.29, 0.717) is 30.9 Å². The number of fused-ring (bicyclic) bond motifs is 1. The first-order valence-electron chi connectivity index (χ1n) is 5.40. The number of amides is 1. The minimum atomic E-state index is -0.322. The van der Waals surface area contributed by atoms with Gasteiger partial charge in [-0.05, 0) is 6.42 Å². The number of anilines is 2. The molecule has 9 heteroatoms. The smallest absolute Gasteiger partial charge is 0.241 e. The largest absolute Gasteiger partial charge is 0.370 e. The number of nitrogens with zero attached hydrogens (tertiary/aromatic N) is 3. The summed E-state index contributed by atoms with van der Waals surface area (Å²) in [6.45, 7) is 0.574. The number of aromatic nitrogens is 4. The van der Waals surface area contributed by atoms with Crippen molar-refractivity contribution < 1.29 is 4.79 Å². The van der Waals surface area contributed by atoms with Crippen LogP contribution in [0, 0.1) is 0 Å². The van der Waals surface area contributed by atoms with Crippen molar-refractivity contribution in [2.24, 2.45) is 11.6 Å². The maximum absolute atomic E-state index is 10.6. The molecule has 9 nitrogen and oxygen atoms in total. The van der Waals surface area contributed by atoms with Crippen LogP contribution >= 0.6 is 0 Å². The molecule has 0 aromatic carbocycles. The summed E-state index contributed by atoms with van der Waals surface area (Å²) in [5.41, 5.74) is 8.01. The fourth-order valence-corrected chi connectivity index (χ4v) is 1.50. The molecule has 2 rings (SSSR count). The Labute approximate surface area is 102 Å². The second-order valence-electron chi connectivity index (χ2n) is 3.67. The molecule has 0 aliphatic carbocycles. The van der Waals surface area contributed by atoms with Crippen molar-refractivity contribution in [2.45, 2.75) is 12.8 Å². The number of hydrogen-bond donors (Lipinski definition) is 5. The summed E-state index contributed by atoms with van der Waals surface area (Å²) in [5, 5.41) is 10.5. The van der Waals surface area contributed by atoms with Crippen LogP contribution in [0.2, 0.25) is 0 Å². The minimum absolute atomic E-state index is 0.282. The molecule has 7 N–H and O–H groups in total. The van der Waals surface area contributed by atoms with E-state index in [1.54, 1.807) is 6.20 Å². The van der Waals surface area contributed by atoms with E-state index in [-0.39, 0.29) is 11.9 Å². The molecule has 0 unspecified atom stereocenters. The summed E-state index contributed by atoms with van der Waals surface area (Å²) in [5.74, 6) is 5.84. The molecule has 0 bridgehead atoms. The van der Waals surface area contributed by atoms with Crippen molar-refractivity contribution in [3.8, 4) is 0 Å². The first-order chi connectivity index (χ1) is 8.70. The number of primary amides is 1. The molecule has 2 heterocycles. The lowest BCUT2D eigenvalue weighted by Gasteiger charge is -2.07. The molecule has 0 aliphatic heterocycles. The molecule has 2 aromatic heterocycles. The van der Waals surface area contributed by atoms with Gasteiger partial charge in [0.25, 0.3) is 0 Å². The standard InChI is InChI=1S/C9H14N8O/c10-6(18)2-1-3-12-7-5-4-13-17-8(5)15-9(14-7)16-11/h4H,1-3,11H2,(H2,10,18)(H3,12,13,14,15,16,17). The fourth-order valence-electron chi connectivity index (χ4n) is 1.50. The fraction of sp³-hybridized carbons (Fsp3) is 0.333. The predicted molar refractivity (Wildman–Crippen MR) is 66.4 cm³/mol. The Morgan fingerprint density at radius 1 is 1.44 bits per heavy atom. The molecule has 0 saturated heterocycles. The van der Waals surface area contributed by atoms with E-state index in [4.69, 9.17) is 11.6 Å². The molecule has 0 atom stereocenters. The Morgan fingerprint density at radius 2 is 2.28 bits per heavy atom. The van der Waals surface area contributed by atoms with Crippen molar-refractivity contribution in [3.63, 3.8) is 0 Å². The Bertz CT molecular complexity index is 550. The van der Waals surface area contributed by atoms with Crippen LogP contribution in [0.3, 0.4) is 0 Å². The monoisotopic (exact) mass is 250 g/mol. The van der Waals surface area contributed by atoms with Gasteiger partial charge in [0, 0.05) is 13.0 Å². The normalized spacial score (nSPS) is 10.5. The van der Waals surface area contributed by atoms with Gasteiger partial charge in [-0.25, -0.2) is 5.84 Å². The summed E-state index contributed by atoms with van der Waals surface area (Å²) in [6, 6.07) is 0. The number of hydrazine groups is 1. The highest BCUT2D eigenvalue weighted by molar-refractivity contribution is 5.86. The lowest BCUT2D eigenvalue weighted by Crippen LogP contribution is -2.14. The van der Waals surface area contributed by atoms with Gasteiger partial charge in [0.2, 0.25) is 11.9 Å². The molecule has 0 aliphatic rings. The van der Waals surface area contributed by atoms with Crippen LogP contribution in [0.4, 0.5) is 11.8 Å². The van der Waals surface area contributed by atoms with Gasteiger partial charge < -0.3 is 11.1 Å². The quantitative estimate of drug-likeness (QED) is 0.259. The third kappa shape index (κ3) is 2.63. The number of hydrogen-bond acceptors (Lipinski definition) is 7.